The van der Waals surface area contributed by atoms with Crippen LogP contribution in [0.5, 0.6) is 0 Å². The first-order valence-corrected chi connectivity index (χ1v) is 4.69. The topological polar surface area (TPSA) is 61.6 Å². The Morgan fingerprint density at radius 2 is 1.75 bits per heavy atom. The maximum absolute atomic E-state index is 10.4. The molecule has 80 valence electrons. The van der Waals surface area contributed by atoms with Crippen LogP contribution in [0.2, 0.25) is 0 Å². The number of hydrogen-bond donors (Lipinski definition) is 0. The van der Waals surface area contributed by atoms with Crippen molar-refractivity contribution >= 4 is 0 Å². The Balaban J connectivity index is 0.00000128. The van der Waals surface area contributed by atoms with E-state index in [0.29, 0.717) is 0 Å². The van der Waals surface area contributed by atoms with Crippen LogP contribution in [-0.2, 0) is 9.47 Å². The van der Waals surface area contributed by atoms with E-state index in [1.165, 1.54) is 0 Å². The van der Waals surface area contributed by atoms with Gasteiger partial charge in [0.25, 0.3) is 6.04 Å². The Morgan fingerprint density at radius 3 is 2.25 bits per heavy atom. The molecule has 5 nitrogen and oxygen atoms in total. The molecule has 1 fully saturated rings. The van der Waals surface area contributed by atoms with Gasteiger partial charge in [0.1, 0.15) is 13.2 Å². The minimum atomic E-state index is -0.745. The van der Waals surface area contributed by atoms with Crippen LogP contribution < -0.4 is 29.6 Å². The largest absolute Gasteiger partial charge is 1.00 e. The zero-order valence-electron chi connectivity index (χ0n) is 9.04. The van der Waals surface area contributed by atoms with Crippen LogP contribution in [0.3, 0.4) is 0 Å². The number of nitrogens with zero attached hydrogens (tertiary/aromatic N) is 1. The molecule has 0 radical (unpaired) electrons. The van der Waals surface area contributed by atoms with Gasteiger partial charge in [-0.05, 0) is 0 Å². The van der Waals surface area contributed by atoms with Crippen molar-refractivity contribution in [3.63, 3.8) is 0 Å². The molecule has 0 amide bonds. The van der Waals surface area contributed by atoms with E-state index in [1.54, 1.807) is 0 Å². The number of rotatable bonds is 2. The van der Waals surface area contributed by atoms with E-state index in [1.807, 2.05) is 30.3 Å². The van der Waals surface area contributed by atoms with Crippen molar-refractivity contribution in [2.45, 2.75) is 12.3 Å². The van der Waals surface area contributed by atoms with Gasteiger partial charge in [0.05, 0.1) is 0 Å². The zero-order chi connectivity index (χ0) is 10.7. The molecule has 1 aliphatic rings. The van der Waals surface area contributed by atoms with Crippen molar-refractivity contribution in [3.05, 3.63) is 46.0 Å². The molecule has 1 aromatic rings. The molecule has 1 aromatic carbocycles. The Hall–Kier alpha value is -0.460. The third kappa shape index (κ3) is 3.26. The molecule has 16 heavy (non-hydrogen) atoms. The molecule has 0 saturated carbocycles. The van der Waals surface area contributed by atoms with Crippen LogP contribution in [0, 0.1) is 10.1 Å². The summed E-state index contributed by atoms with van der Waals surface area (Å²) in [6, 6.07) is 8.65. The van der Waals surface area contributed by atoms with Gasteiger partial charge >= 0.3 is 29.6 Å². The number of ether oxygens (including phenoxy) is 2. The first kappa shape index (κ1) is 13.6. The van der Waals surface area contributed by atoms with E-state index < -0.39 is 12.3 Å². The fourth-order valence-electron chi connectivity index (χ4n) is 1.42. The summed E-state index contributed by atoms with van der Waals surface area (Å²) in [7, 11) is 0. The summed E-state index contributed by atoms with van der Waals surface area (Å²) in [5, 5.41) is 10.4. The third-order valence-electron chi connectivity index (χ3n) is 2.25. The van der Waals surface area contributed by atoms with Gasteiger partial charge in [-0.2, -0.15) is 0 Å². The van der Waals surface area contributed by atoms with Gasteiger partial charge in [0, 0.05) is 10.5 Å². The maximum atomic E-state index is 10.4. The van der Waals surface area contributed by atoms with E-state index >= 15 is 0 Å². The van der Waals surface area contributed by atoms with E-state index in [2.05, 4.69) is 0 Å². The van der Waals surface area contributed by atoms with E-state index in [4.69, 9.17) is 9.47 Å². The molecule has 1 heterocycles. The van der Waals surface area contributed by atoms with Crippen LogP contribution in [0.25, 0.3) is 0 Å². The van der Waals surface area contributed by atoms with Crippen LogP contribution in [0.15, 0.2) is 30.3 Å². The van der Waals surface area contributed by atoms with Crippen molar-refractivity contribution in [2.24, 2.45) is 0 Å². The van der Waals surface area contributed by atoms with Crippen molar-refractivity contribution in [3.8, 4) is 0 Å². The molecular weight excluding hydrogens is 221 g/mol. The summed E-state index contributed by atoms with van der Waals surface area (Å²) in [6.07, 6.45) is -0.470. The van der Waals surface area contributed by atoms with Crippen LogP contribution >= 0.6 is 0 Å². The molecular formula is C10H11NNaO4+. The second kappa shape index (κ2) is 6.32. The average molecular weight is 232 g/mol. The second-order valence-corrected chi connectivity index (χ2v) is 3.35. The monoisotopic (exact) mass is 232 g/mol. The average Bonchev–Trinajstić information content (AvgIpc) is 2.30. The van der Waals surface area contributed by atoms with Crippen LogP contribution in [0.1, 0.15) is 11.9 Å². The van der Waals surface area contributed by atoms with Gasteiger partial charge in [-0.1, -0.05) is 30.3 Å². The number of nitro groups is 1. The van der Waals surface area contributed by atoms with Gasteiger partial charge in [0.15, 0.2) is 6.29 Å². The van der Waals surface area contributed by atoms with E-state index in [-0.39, 0.29) is 47.7 Å². The molecule has 0 atom stereocenters. The first-order valence-electron chi connectivity index (χ1n) is 4.69. The molecule has 0 aliphatic carbocycles. The normalized spacial score (nSPS) is 24.5. The Bertz CT molecular complexity index is 338. The SMILES string of the molecule is O=[N+]([O-])C1COC(c2ccccc2)OC1.[Na+]. The molecule has 1 saturated heterocycles. The number of hydrogen-bond acceptors (Lipinski definition) is 4. The summed E-state index contributed by atoms with van der Waals surface area (Å²) in [4.78, 5) is 10.1. The van der Waals surface area contributed by atoms with Gasteiger partial charge in [-0.25, -0.2) is 0 Å². The minimum absolute atomic E-state index is 0. The maximum Gasteiger partial charge on any atom is 1.00 e. The molecule has 0 unspecified atom stereocenters. The third-order valence-corrected chi connectivity index (χ3v) is 2.25. The summed E-state index contributed by atoms with van der Waals surface area (Å²) < 4.78 is 10.5. The predicted octanol–water partition coefficient (Wildman–Crippen LogP) is -1.62. The Labute approximate surface area is 115 Å². The molecule has 0 aromatic heterocycles. The van der Waals surface area contributed by atoms with Crippen molar-refractivity contribution < 1.29 is 44.0 Å². The fourth-order valence-corrected chi connectivity index (χ4v) is 1.42. The Kier molecular flexibility index (Phi) is 5.37. The van der Waals surface area contributed by atoms with E-state index in [0.717, 1.165) is 5.56 Å². The standard InChI is InChI=1S/C10H11NO4.Na/c12-11(13)9-6-14-10(15-7-9)8-4-2-1-3-5-8;/h1-5,9-10H,6-7H2;/q;+1. The molecule has 2 rings (SSSR count). The second-order valence-electron chi connectivity index (χ2n) is 3.35. The van der Waals surface area contributed by atoms with Crippen molar-refractivity contribution in [2.75, 3.05) is 13.2 Å². The number of benzene rings is 1. The van der Waals surface area contributed by atoms with Gasteiger partial charge < -0.3 is 9.47 Å². The van der Waals surface area contributed by atoms with Crippen molar-refractivity contribution in [1.29, 1.82) is 0 Å². The van der Waals surface area contributed by atoms with Gasteiger partial charge in [0.2, 0.25) is 0 Å². The zero-order valence-corrected chi connectivity index (χ0v) is 11.0. The smallest absolute Gasteiger partial charge is 0.341 e. The summed E-state index contributed by atoms with van der Waals surface area (Å²) in [6.45, 7) is 0.207. The summed E-state index contributed by atoms with van der Waals surface area (Å²) in [5.74, 6) is 0. The molecule has 0 spiro atoms. The molecule has 0 bridgehead atoms. The van der Waals surface area contributed by atoms with Gasteiger partial charge in [-0.3, -0.25) is 10.1 Å². The van der Waals surface area contributed by atoms with Crippen LogP contribution in [-0.4, -0.2) is 24.2 Å². The molecule has 1 aliphatic heterocycles. The van der Waals surface area contributed by atoms with Crippen LogP contribution in [0.4, 0.5) is 0 Å². The quantitative estimate of drug-likeness (QED) is 0.349. The fraction of sp³-hybridized carbons (Fsp3) is 0.400. The Morgan fingerprint density at radius 1 is 1.19 bits per heavy atom. The molecule has 0 N–H and O–H groups in total. The van der Waals surface area contributed by atoms with E-state index in [9.17, 15) is 10.1 Å². The minimum Gasteiger partial charge on any atom is -0.341 e. The van der Waals surface area contributed by atoms with Crippen molar-refractivity contribution in [1.82, 2.24) is 0 Å². The van der Waals surface area contributed by atoms with Gasteiger partial charge in [-0.15, -0.1) is 0 Å². The summed E-state index contributed by atoms with van der Waals surface area (Å²) in [5.41, 5.74) is 0.888. The molecule has 6 heteroatoms. The predicted molar refractivity (Wildman–Crippen MR) is 51.9 cm³/mol. The summed E-state index contributed by atoms with van der Waals surface area (Å²) >= 11 is 0. The first-order chi connectivity index (χ1) is 7.27.